The maximum atomic E-state index is 13.3. The molecule has 3 aromatic rings. The van der Waals surface area contributed by atoms with Crippen molar-refractivity contribution in [1.29, 1.82) is 0 Å². The van der Waals surface area contributed by atoms with Crippen LogP contribution in [0.15, 0.2) is 30.5 Å². The van der Waals surface area contributed by atoms with Gasteiger partial charge in [0.1, 0.15) is 0 Å². The van der Waals surface area contributed by atoms with Gasteiger partial charge in [-0.15, -0.1) is 0 Å². The van der Waals surface area contributed by atoms with Gasteiger partial charge in [0.25, 0.3) is 5.91 Å². The summed E-state index contributed by atoms with van der Waals surface area (Å²) < 4.78 is 8.68. The number of aromatic nitrogens is 3. The highest BCUT2D eigenvalue weighted by atomic mass is 32.1. The molecule has 0 aliphatic carbocycles. The van der Waals surface area contributed by atoms with E-state index in [1.54, 1.807) is 27.0 Å². The second-order valence-corrected chi connectivity index (χ2v) is 8.46. The Morgan fingerprint density at radius 2 is 2.25 bits per heavy atom. The normalized spacial score (nSPS) is 16.9. The predicted molar refractivity (Wildman–Crippen MR) is 112 cm³/mol. The quantitative estimate of drug-likeness (QED) is 0.615. The van der Waals surface area contributed by atoms with Gasteiger partial charge in [0.05, 0.1) is 22.9 Å². The Kier molecular flexibility index (Phi) is 5.46. The number of nitrogens with zero attached hydrogens (tertiary/aromatic N) is 4. The molecule has 0 bridgehead atoms. The third kappa shape index (κ3) is 3.69. The summed E-state index contributed by atoms with van der Waals surface area (Å²) in [6, 6.07) is 8.03. The molecule has 1 amide bonds. The first-order chi connectivity index (χ1) is 13.6. The Morgan fingerprint density at radius 1 is 1.39 bits per heavy atom. The first-order valence-electron chi connectivity index (χ1n) is 9.93. The second-order valence-electron chi connectivity index (χ2n) is 7.45. The van der Waals surface area contributed by atoms with Crippen molar-refractivity contribution in [1.82, 2.24) is 14.8 Å². The maximum Gasteiger partial charge on any atom is 0.280 e. The SMILES string of the molecule is CCn1ccc(C(=O)N(CC2CCCO2)c2nc3c(C(C)C)cccc3s2)n1. The lowest BCUT2D eigenvalue weighted by atomic mass is 10.0. The largest absolute Gasteiger partial charge is 0.376 e. The van der Waals surface area contributed by atoms with Crippen molar-refractivity contribution in [2.45, 2.75) is 52.2 Å². The van der Waals surface area contributed by atoms with E-state index >= 15 is 0 Å². The molecule has 6 nitrogen and oxygen atoms in total. The lowest BCUT2D eigenvalue weighted by molar-refractivity contribution is 0.0912. The van der Waals surface area contributed by atoms with E-state index in [-0.39, 0.29) is 12.0 Å². The number of ether oxygens (including phenoxy) is 1. The summed E-state index contributed by atoms with van der Waals surface area (Å²) in [6.07, 6.45) is 3.89. The number of amides is 1. The molecular formula is C21H26N4O2S. The van der Waals surface area contributed by atoms with Gasteiger partial charge in [-0.1, -0.05) is 37.3 Å². The van der Waals surface area contributed by atoms with Gasteiger partial charge in [0.15, 0.2) is 10.8 Å². The number of benzene rings is 1. The van der Waals surface area contributed by atoms with Crippen LogP contribution in [0.1, 0.15) is 55.6 Å². The van der Waals surface area contributed by atoms with E-state index in [0.717, 1.165) is 41.3 Å². The van der Waals surface area contributed by atoms with Crippen molar-refractivity contribution >= 4 is 32.6 Å². The summed E-state index contributed by atoms with van der Waals surface area (Å²) in [5.74, 6) is 0.258. The summed E-state index contributed by atoms with van der Waals surface area (Å²) >= 11 is 1.56. The molecule has 1 unspecified atom stereocenters. The van der Waals surface area contributed by atoms with Crippen molar-refractivity contribution in [2.75, 3.05) is 18.1 Å². The third-order valence-corrected chi connectivity index (χ3v) is 6.17. The molecule has 0 spiro atoms. The minimum Gasteiger partial charge on any atom is -0.376 e. The average Bonchev–Trinajstić information content (AvgIpc) is 3.44. The Hall–Kier alpha value is -2.25. The number of rotatable bonds is 6. The number of carbonyl (C=O) groups excluding carboxylic acids is 1. The molecule has 0 saturated carbocycles. The standard InChI is InChI=1S/C21H26N4O2S/c1-4-24-11-10-17(23-24)20(26)25(13-15-7-6-12-27-15)21-22-19-16(14(2)3)8-5-9-18(19)28-21/h5,8-11,14-15H,4,6-7,12-13H2,1-3H3. The minimum atomic E-state index is -0.118. The fraction of sp³-hybridized carbons (Fsp3) is 0.476. The van der Waals surface area contributed by atoms with E-state index in [1.807, 2.05) is 13.1 Å². The number of para-hydroxylation sites is 1. The van der Waals surface area contributed by atoms with E-state index in [9.17, 15) is 4.79 Å². The van der Waals surface area contributed by atoms with Gasteiger partial charge in [-0.25, -0.2) is 4.98 Å². The van der Waals surface area contributed by atoms with Crippen molar-refractivity contribution in [2.24, 2.45) is 0 Å². The van der Waals surface area contributed by atoms with Crippen molar-refractivity contribution < 1.29 is 9.53 Å². The molecule has 1 aliphatic heterocycles. The fourth-order valence-electron chi connectivity index (χ4n) is 3.57. The molecule has 1 fully saturated rings. The molecule has 1 aliphatic rings. The molecule has 148 valence electrons. The zero-order chi connectivity index (χ0) is 19.7. The first-order valence-corrected chi connectivity index (χ1v) is 10.7. The van der Waals surface area contributed by atoms with E-state index in [2.05, 4.69) is 37.1 Å². The van der Waals surface area contributed by atoms with Crippen molar-refractivity contribution in [3.63, 3.8) is 0 Å². The molecule has 28 heavy (non-hydrogen) atoms. The van der Waals surface area contributed by atoms with Crippen LogP contribution in [0, 0.1) is 0 Å². The van der Waals surface area contributed by atoms with E-state index in [4.69, 9.17) is 9.72 Å². The van der Waals surface area contributed by atoms with Crippen molar-refractivity contribution in [3.05, 3.63) is 41.7 Å². The molecule has 1 saturated heterocycles. The molecule has 1 atom stereocenters. The average molecular weight is 399 g/mol. The molecule has 0 radical (unpaired) electrons. The summed E-state index contributed by atoms with van der Waals surface area (Å²) in [7, 11) is 0. The number of carbonyl (C=O) groups is 1. The van der Waals surface area contributed by atoms with Crippen LogP contribution in [0.25, 0.3) is 10.2 Å². The second kappa shape index (κ2) is 8.01. The van der Waals surface area contributed by atoms with Gasteiger partial charge in [0.2, 0.25) is 0 Å². The summed E-state index contributed by atoms with van der Waals surface area (Å²) in [4.78, 5) is 20.0. The van der Waals surface area contributed by atoms with Gasteiger partial charge in [-0.2, -0.15) is 5.10 Å². The Balaban J connectivity index is 1.73. The zero-order valence-corrected chi connectivity index (χ0v) is 17.4. The number of aryl methyl sites for hydroxylation is 1. The van der Waals surface area contributed by atoms with Gasteiger partial charge in [-0.3, -0.25) is 14.4 Å². The van der Waals surface area contributed by atoms with E-state index < -0.39 is 0 Å². The zero-order valence-electron chi connectivity index (χ0n) is 16.6. The first kappa shape index (κ1) is 19.1. The fourth-order valence-corrected chi connectivity index (χ4v) is 4.58. The van der Waals surface area contributed by atoms with Gasteiger partial charge in [-0.05, 0) is 43.4 Å². The number of thiazole rings is 1. The van der Waals surface area contributed by atoms with Crippen LogP contribution in [-0.4, -0.2) is 39.9 Å². The van der Waals surface area contributed by atoms with Crippen LogP contribution in [0.5, 0.6) is 0 Å². The molecule has 4 rings (SSSR count). The lowest BCUT2D eigenvalue weighted by Crippen LogP contribution is -2.37. The molecule has 1 aromatic carbocycles. The summed E-state index contributed by atoms with van der Waals surface area (Å²) in [5.41, 5.74) is 2.64. The topological polar surface area (TPSA) is 60.2 Å². The van der Waals surface area contributed by atoms with Gasteiger partial charge >= 0.3 is 0 Å². The molecule has 3 heterocycles. The van der Waals surface area contributed by atoms with Gasteiger partial charge < -0.3 is 4.74 Å². The third-order valence-electron chi connectivity index (χ3n) is 5.13. The predicted octanol–water partition coefficient (Wildman–Crippen LogP) is 4.46. The maximum absolute atomic E-state index is 13.3. The highest BCUT2D eigenvalue weighted by Crippen LogP contribution is 2.34. The molecule has 0 N–H and O–H groups in total. The number of hydrogen-bond acceptors (Lipinski definition) is 5. The van der Waals surface area contributed by atoms with Crippen LogP contribution in [0.2, 0.25) is 0 Å². The van der Waals surface area contributed by atoms with Crippen LogP contribution in [0.3, 0.4) is 0 Å². The number of fused-ring (bicyclic) bond motifs is 1. The van der Waals surface area contributed by atoms with Gasteiger partial charge in [0, 0.05) is 19.3 Å². The highest BCUT2D eigenvalue weighted by molar-refractivity contribution is 7.22. The van der Waals surface area contributed by atoms with Crippen LogP contribution < -0.4 is 4.90 Å². The summed E-state index contributed by atoms with van der Waals surface area (Å²) in [5, 5.41) is 5.13. The van der Waals surface area contributed by atoms with E-state index in [1.165, 1.54) is 5.56 Å². The number of anilines is 1. The van der Waals surface area contributed by atoms with Crippen LogP contribution >= 0.6 is 11.3 Å². The lowest BCUT2D eigenvalue weighted by Gasteiger charge is -2.22. The summed E-state index contributed by atoms with van der Waals surface area (Å²) in [6.45, 7) is 8.34. The molecule has 2 aromatic heterocycles. The number of hydrogen-bond donors (Lipinski definition) is 0. The van der Waals surface area contributed by atoms with Crippen LogP contribution in [0.4, 0.5) is 5.13 Å². The minimum absolute atomic E-state index is 0.0498. The monoisotopic (exact) mass is 398 g/mol. The van der Waals surface area contributed by atoms with Crippen LogP contribution in [-0.2, 0) is 11.3 Å². The Bertz CT molecular complexity index is 972. The Morgan fingerprint density at radius 3 is 2.93 bits per heavy atom. The molecule has 7 heteroatoms. The molecular weight excluding hydrogens is 372 g/mol. The Labute approximate surface area is 169 Å². The highest BCUT2D eigenvalue weighted by Gasteiger charge is 2.28. The van der Waals surface area contributed by atoms with Crippen molar-refractivity contribution in [3.8, 4) is 0 Å². The van der Waals surface area contributed by atoms with E-state index in [0.29, 0.717) is 18.2 Å². The smallest absolute Gasteiger partial charge is 0.280 e.